The predicted molar refractivity (Wildman–Crippen MR) is 132 cm³/mol. The van der Waals surface area contributed by atoms with Gasteiger partial charge >= 0.3 is 0 Å². The summed E-state index contributed by atoms with van der Waals surface area (Å²) >= 11 is 1.35. The number of amides is 1. The summed E-state index contributed by atoms with van der Waals surface area (Å²) < 4.78 is 29.8. The van der Waals surface area contributed by atoms with Gasteiger partial charge in [-0.2, -0.15) is 0 Å². The number of sulfone groups is 1. The van der Waals surface area contributed by atoms with E-state index in [9.17, 15) is 18.0 Å². The van der Waals surface area contributed by atoms with E-state index in [1.54, 1.807) is 17.0 Å². The van der Waals surface area contributed by atoms with Crippen molar-refractivity contribution in [2.45, 2.75) is 32.9 Å². The number of Topliss-reactive ketones (excluding diaryl/α,β-unsaturated/α-hetero) is 1. The van der Waals surface area contributed by atoms with Gasteiger partial charge in [-0.15, -0.1) is 11.3 Å². The standard InChI is InChI=1S/C25H26N2O5S2/c1-17-24(18(2)28)33-25(26-17)20-8-10-22(11-9-20)32-15-23(29)27(14-19-6-4-3-5-7-19)21-12-13-34(30,31)16-21/h3-11,21H,12-16H2,1-2H3. The molecule has 0 spiro atoms. The van der Waals surface area contributed by atoms with Crippen LogP contribution in [0.3, 0.4) is 0 Å². The Morgan fingerprint density at radius 3 is 2.41 bits per heavy atom. The van der Waals surface area contributed by atoms with E-state index in [1.807, 2.05) is 49.4 Å². The zero-order chi connectivity index (χ0) is 24.3. The van der Waals surface area contributed by atoms with Crippen LogP contribution in [0, 0.1) is 6.92 Å². The number of rotatable bonds is 8. The first kappa shape index (κ1) is 24.1. The lowest BCUT2D eigenvalue weighted by atomic mass is 10.1. The summed E-state index contributed by atoms with van der Waals surface area (Å²) in [6.07, 6.45) is 0.436. The Balaban J connectivity index is 1.43. The molecule has 1 amide bonds. The van der Waals surface area contributed by atoms with E-state index >= 15 is 0 Å². The molecule has 7 nitrogen and oxygen atoms in total. The van der Waals surface area contributed by atoms with Gasteiger partial charge in [0, 0.05) is 25.1 Å². The molecule has 1 aliphatic heterocycles. The lowest BCUT2D eigenvalue weighted by Crippen LogP contribution is -2.43. The number of carbonyl (C=O) groups excluding carboxylic acids is 2. The summed E-state index contributed by atoms with van der Waals surface area (Å²) in [5.41, 5.74) is 2.51. The largest absolute Gasteiger partial charge is 0.484 e. The van der Waals surface area contributed by atoms with Gasteiger partial charge in [0.25, 0.3) is 5.91 Å². The third kappa shape index (κ3) is 5.71. The first-order chi connectivity index (χ1) is 16.2. The topological polar surface area (TPSA) is 93.6 Å². The fraction of sp³-hybridized carbons (Fsp3) is 0.320. The highest BCUT2D eigenvalue weighted by atomic mass is 32.2. The minimum Gasteiger partial charge on any atom is -0.484 e. The van der Waals surface area contributed by atoms with Gasteiger partial charge in [0.05, 0.1) is 22.1 Å². The molecule has 178 valence electrons. The average Bonchev–Trinajstić information content (AvgIpc) is 3.38. The summed E-state index contributed by atoms with van der Waals surface area (Å²) in [4.78, 5) is 31.5. The zero-order valence-corrected chi connectivity index (χ0v) is 20.7. The lowest BCUT2D eigenvalue weighted by Gasteiger charge is -2.28. The van der Waals surface area contributed by atoms with Crippen molar-refractivity contribution in [1.29, 1.82) is 0 Å². The third-order valence-electron chi connectivity index (χ3n) is 5.75. The number of carbonyl (C=O) groups is 2. The molecular formula is C25H26N2O5S2. The van der Waals surface area contributed by atoms with Crippen molar-refractivity contribution < 1.29 is 22.7 Å². The number of ether oxygens (including phenoxy) is 1. The van der Waals surface area contributed by atoms with Gasteiger partial charge in [-0.3, -0.25) is 9.59 Å². The molecule has 9 heteroatoms. The van der Waals surface area contributed by atoms with Gasteiger partial charge in [0.1, 0.15) is 10.8 Å². The van der Waals surface area contributed by atoms with Crippen LogP contribution in [-0.2, 0) is 21.2 Å². The zero-order valence-electron chi connectivity index (χ0n) is 19.1. The Kier molecular flexibility index (Phi) is 7.13. The predicted octanol–water partition coefficient (Wildman–Crippen LogP) is 3.92. The van der Waals surface area contributed by atoms with Crippen molar-refractivity contribution in [2.75, 3.05) is 18.1 Å². The molecule has 3 aromatic rings. The maximum absolute atomic E-state index is 13.1. The molecule has 1 atom stereocenters. The smallest absolute Gasteiger partial charge is 0.261 e. The highest BCUT2D eigenvalue weighted by Crippen LogP contribution is 2.29. The molecule has 2 heterocycles. The number of thiazole rings is 1. The minimum atomic E-state index is -3.13. The van der Waals surface area contributed by atoms with E-state index in [-0.39, 0.29) is 35.8 Å². The van der Waals surface area contributed by atoms with Crippen molar-refractivity contribution in [3.05, 3.63) is 70.7 Å². The SMILES string of the molecule is CC(=O)c1sc(-c2ccc(OCC(=O)N(Cc3ccccc3)C3CCS(=O)(=O)C3)cc2)nc1C. The monoisotopic (exact) mass is 498 g/mol. The highest BCUT2D eigenvalue weighted by molar-refractivity contribution is 7.91. The Hall–Kier alpha value is -3.04. The van der Waals surface area contributed by atoms with Crippen LogP contribution in [0.2, 0.25) is 0 Å². The maximum atomic E-state index is 13.1. The number of ketones is 1. The molecule has 0 N–H and O–H groups in total. The second kappa shape index (κ2) is 10.1. The van der Waals surface area contributed by atoms with E-state index in [4.69, 9.17) is 4.74 Å². The van der Waals surface area contributed by atoms with E-state index in [1.165, 1.54) is 18.3 Å². The molecule has 0 saturated carbocycles. The number of aromatic nitrogens is 1. The summed E-state index contributed by atoms with van der Waals surface area (Å²) in [7, 11) is -3.13. The molecule has 0 aliphatic carbocycles. The summed E-state index contributed by atoms with van der Waals surface area (Å²) in [5, 5.41) is 0.752. The second-order valence-electron chi connectivity index (χ2n) is 8.37. The number of benzene rings is 2. The number of nitrogens with zero attached hydrogens (tertiary/aromatic N) is 2. The van der Waals surface area contributed by atoms with Crippen molar-refractivity contribution in [3.8, 4) is 16.3 Å². The van der Waals surface area contributed by atoms with Crippen molar-refractivity contribution in [1.82, 2.24) is 9.88 Å². The molecule has 1 aromatic heterocycles. The lowest BCUT2D eigenvalue weighted by molar-refractivity contribution is -0.136. The quantitative estimate of drug-likeness (QED) is 0.437. The van der Waals surface area contributed by atoms with E-state index in [0.29, 0.717) is 29.3 Å². The normalized spacial score (nSPS) is 16.8. The third-order valence-corrected chi connectivity index (χ3v) is 8.80. The summed E-state index contributed by atoms with van der Waals surface area (Å²) in [6.45, 7) is 3.49. The molecule has 1 unspecified atom stereocenters. The van der Waals surface area contributed by atoms with E-state index in [2.05, 4.69) is 4.98 Å². The molecule has 1 saturated heterocycles. The van der Waals surface area contributed by atoms with E-state index < -0.39 is 9.84 Å². The van der Waals surface area contributed by atoms with Crippen LogP contribution in [0.1, 0.15) is 34.3 Å². The van der Waals surface area contributed by atoms with Crippen LogP contribution in [0.15, 0.2) is 54.6 Å². The molecule has 0 bridgehead atoms. The Labute approximate surface area is 203 Å². The van der Waals surface area contributed by atoms with Crippen LogP contribution in [0.5, 0.6) is 5.75 Å². The molecule has 1 aliphatic rings. The Bertz CT molecular complexity index is 1280. The first-order valence-corrected chi connectivity index (χ1v) is 13.6. The minimum absolute atomic E-state index is 0.00478. The van der Waals surface area contributed by atoms with Crippen molar-refractivity contribution in [3.63, 3.8) is 0 Å². The summed E-state index contributed by atoms with van der Waals surface area (Å²) in [6, 6.07) is 16.4. The number of hydrogen-bond donors (Lipinski definition) is 0. The van der Waals surface area contributed by atoms with E-state index in [0.717, 1.165) is 16.1 Å². The van der Waals surface area contributed by atoms with Gasteiger partial charge in [-0.25, -0.2) is 13.4 Å². The van der Waals surface area contributed by atoms with Gasteiger partial charge < -0.3 is 9.64 Å². The number of hydrogen-bond acceptors (Lipinski definition) is 7. The van der Waals surface area contributed by atoms with Gasteiger partial charge in [0.2, 0.25) is 0 Å². The van der Waals surface area contributed by atoms with Crippen LogP contribution in [0.25, 0.3) is 10.6 Å². The van der Waals surface area contributed by atoms with Gasteiger partial charge in [-0.05, 0) is 43.2 Å². The van der Waals surface area contributed by atoms with Crippen LogP contribution in [-0.4, -0.2) is 54.1 Å². The molecule has 1 fully saturated rings. The molecule has 4 rings (SSSR count). The van der Waals surface area contributed by atoms with Crippen LogP contribution < -0.4 is 4.74 Å². The molecular weight excluding hydrogens is 472 g/mol. The highest BCUT2D eigenvalue weighted by Gasteiger charge is 2.34. The first-order valence-electron chi connectivity index (χ1n) is 11.0. The summed E-state index contributed by atoms with van der Waals surface area (Å²) in [5.74, 6) is 0.345. The Morgan fingerprint density at radius 1 is 1.12 bits per heavy atom. The second-order valence-corrected chi connectivity index (χ2v) is 11.6. The van der Waals surface area contributed by atoms with Crippen molar-refractivity contribution >= 4 is 32.9 Å². The fourth-order valence-electron chi connectivity index (χ4n) is 3.99. The molecule has 0 radical (unpaired) electrons. The fourth-order valence-corrected chi connectivity index (χ4v) is 6.69. The Morgan fingerprint density at radius 2 is 1.82 bits per heavy atom. The average molecular weight is 499 g/mol. The van der Waals surface area contributed by atoms with Gasteiger partial charge in [-0.1, -0.05) is 30.3 Å². The molecule has 2 aromatic carbocycles. The molecule has 34 heavy (non-hydrogen) atoms. The van der Waals surface area contributed by atoms with Gasteiger partial charge in [0.15, 0.2) is 22.2 Å². The van der Waals surface area contributed by atoms with Crippen LogP contribution in [0.4, 0.5) is 0 Å². The number of aryl methyl sites for hydroxylation is 1. The van der Waals surface area contributed by atoms with Crippen LogP contribution >= 0.6 is 11.3 Å². The van der Waals surface area contributed by atoms with Crippen molar-refractivity contribution in [2.24, 2.45) is 0 Å². The maximum Gasteiger partial charge on any atom is 0.261 e.